The molecule has 3 aliphatic rings. The highest BCUT2D eigenvalue weighted by Crippen LogP contribution is 2.36. The first-order valence-corrected chi connectivity index (χ1v) is 14.6. The summed E-state index contributed by atoms with van der Waals surface area (Å²) in [7, 11) is 1.56. The van der Waals surface area contributed by atoms with E-state index in [4.69, 9.17) is 9.72 Å². The molecule has 0 saturated carbocycles. The van der Waals surface area contributed by atoms with Gasteiger partial charge in [0.05, 0.1) is 7.11 Å². The summed E-state index contributed by atoms with van der Waals surface area (Å²) in [6.07, 6.45) is 2.90. The molecule has 2 fully saturated rings. The van der Waals surface area contributed by atoms with Gasteiger partial charge >= 0.3 is 6.03 Å². The largest absolute Gasteiger partial charge is 0.506 e. The molecule has 222 valence electrons. The molecule has 0 radical (unpaired) electrons. The maximum atomic E-state index is 13.2. The predicted octanol–water partition coefficient (Wildman–Crippen LogP) is 3.79. The molecule has 0 spiro atoms. The van der Waals surface area contributed by atoms with Gasteiger partial charge in [-0.25, -0.2) is 9.78 Å². The first-order valence-electron chi connectivity index (χ1n) is 14.6. The lowest BCUT2D eigenvalue weighted by Crippen LogP contribution is -2.46. The maximum absolute atomic E-state index is 13.2. The molecule has 3 aromatic rings. The van der Waals surface area contributed by atoms with Gasteiger partial charge in [0.15, 0.2) is 5.78 Å². The van der Waals surface area contributed by atoms with E-state index in [2.05, 4.69) is 27.4 Å². The number of likely N-dealkylation sites (N-methyl/N-ethyl adjacent to an activating group) is 1. The van der Waals surface area contributed by atoms with E-state index in [9.17, 15) is 19.5 Å². The van der Waals surface area contributed by atoms with Crippen molar-refractivity contribution in [2.75, 3.05) is 44.7 Å². The zero-order valence-electron chi connectivity index (χ0n) is 24.4. The van der Waals surface area contributed by atoms with Crippen LogP contribution in [-0.4, -0.2) is 72.5 Å². The fourth-order valence-electron chi connectivity index (χ4n) is 6.18. The van der Waals surface area contributed by atoms with E-state index in [1.165, 1.54) is 0 Å². The number of nitrogens with one attached hydrogen (secondary N) is 2. The van der Waals surface area contributed by atoms with Gasteiger partial charge in [0.25, 0.3) is 5.91 Å². The van der Waals surface area contributed by atoms with Crippen molar-refractivity contribution in [3.63, 3.8) is 0 Å². The monoisotopic (exact) mass is 581 g/mol. The van der Waals surface area contributed by atoms with E-state index >= 15 is 0 Å². The van der Waals surface area contributed by atoms with Crippen molar-refractivity contribution in [1.29, 1.82) is 0 Å². The topological polar surface area (TPSA) is 124 Å². The van der Waals surface area contributed by atoms with E-state index in [-0.39, 0.29) is 18.0 Å². The molecule has 1 atom stereocenters. The number of rotatable bonds is 8. The Morgan fingerprint density at radius 1 is 1.00 bits per heavy atom. The highest BCUT2D eigenvalue weighted by atomic mass is 16.5. The fourth-order valence-corrected chi connectivity index (χ4v) is 6.18. The molecule has 1 aliphatic carbocycles. The van der Waals surface area contributed by atoms with Gasteiger partial charge in [0.2, 0.25) is 0 Å². The van der Waals surface area contributed by atoms with E-state index in [1.54, 1.807) is 37.5 Å². The smallest absolute Gasteiger partial charge is 0.322 e. The van der Waals surface area contributed by atoms with Gasteiger partial charge in [-0.2, -0.15) is 0 Å². The number of amides is 3. The van der Waals surface area contributed by atoms with Crippen LogP contribution in [0.1, 0.15) is 41.3 Å². The minimum atomic E-state index is -1.30. The molecule has 1 unspecified atom stereocenters. The number of fused-ring (bicyclic) bond motifs is 1. The Morgan fingerprint density at radius 3 is 2.44 bits per heavy atom. The molecule has 1 aromatic heterocycles. The normalized spacial score (nSPS) is 20.4. The first-order chi connectivity index (χ1) is 20.8. The van der Waals surface area contributed by atoms with E-state index in [0.29, 0.717) is 41.0 Å². The van der Waals surface area contributed by atoms with E-state index < -0.39 is 17.5 Å². The lowest BCUT2D eigenvalue weighted by molar-refractivity contribution is -0.124. The summed E-state index contributed by atoms with van der Waals surface area (Å²) in [5, 5.41) is 15.9. The summed E-state index contributed by atoms with van der Waals surface area (Å²) in [4.78, 5) is 47.8. The quantitative estimate of drug-likeness (QED) is 0.344. The Morgan fingerprint density at radius 2 is 1.77 bits per heavy atom. The van der Waals surface area contributed by atoms with Crippen LogP contribution in [0.4, 0.5) is 10.6 Å². The van der Waals surface area contributed by atoms with Crippen molar-refractivity contribution >= 4 is 23.5 Å². The highest BCUT2D eigenvalue weighted by molar-refractivity contribution is 6.08. The zero-order valence-corrected chi connectivity index (χ0v) is 24.4. The molecule has 2 aromatic carbocycles. The van der Waals surface area contributed by atoms with Crippen LogP contribution in [0.25, 0.3) is 11.3 Å². The van der Waals surface area contributed by atoms with Gasteiger partial charge in [-0.15, -0.1) is 0 Å². The van der Waals surface area contributed by atoms with Crippen molar-refractivity contribution in [1.82, 2.24) is 20.5 Å². The molecule has 10 heteroatoms. The number of carbonyl (C=O) groups excluding carboxylic acids is 3. The SMILES string of the molecule is CCN1CCN(c2ccc(O)c(-c3ccc(C4(CCC5=CC(=O)c6cc(OC)ccc6C5)NC(=O)NC4=O)cc3)n2)CC1. The van der Waals surface area contributed by atoms with Crippen LogP contribution >= 0.6 is 0 Å². The summed E-state index contributed by atoms with van der Waals surface area (Å²) in [6, 6.07) is 15.6. The minimum Gasteiger partial charge on any atom is -0.506 e. The summed E-state index contributed by atoms with van der Waals surface area (Å²) in [5.74, 6) is 0.961. The fraction of sp³-hybridized carbons (Fsp3) is 0.333. The third-order valence-electron chi connectivity index (χ3n) is 8.75. The van der Waals surface area contributed by atoms with Crippen molar-refractivity contribution < 1.29 is 24.2 Å². The molecule has 43 heavy (non-hydrogen) atoms. The molecule has 3 amide bonds. The number of ketones is 1. The van der Waals surface area contributed by atoms with Crippen molar-refractivity contribution in [2.24, 2.45) is 0 Å². The number of hydrogen-bond acceptors (Lipinski definition) is 8. The molecule has 2 saturated heterocycles. The van der Waals surface area contributed by atoms with Crippen LogP contribution in [0.3, 0.4) is 0 Å². The Kier molecular flexibility index (Phi) is 7.62. The van der Waals surface area contributed by atoms with Gasteiger partial charge in [-0.05, 0) is 67.3 Å². The number of benzene rings is 2. The Bertz CT molecular complexity index is 1610. The number of anilines is 1. The van der Waals surface area contributed by atoms with Crippen molar-refractivity contribution in [2.45, 2.75) is 31.7 Å². The summed E-state index contributed by atoms with van der Waals surface area (Å²) in [6.45, 7) is 6.84. The number of imide groups is 1. The van der Waals surface area contributed by atoms with Gasteiger partial charge in [-0.3, -0.25) is 14.9 Å². The van der Waals surface area contributed by atoms with Gasteiger partial charge in [0.1, 0.15) is 28.5 Å². The highest BCUT2D eigenvalue weighted by Gasteiger charge is 2.47. The number of aromatic nitrogens is 1. The molecular formula is C33H35N5O5. The standard InChI is InChI=1S/C33H35N5O5/c1-3-37-14-16-38(17-15-37)29-11-10-27(39)30(34-29)22-4-7-24(8-5-22)33(31(41)35-32(42)36-33)13-12-21-18-23-6-9-25(43-2)20-26(23)28(40)19-21/h4-11,19-20,39H,3,12-18H2,1-2H3,(H2,35,36,41,42). The van der Waals surface area contributed by atoms with Gasteiger partial charge in [0, 0.05) is 37.3 Å². The molecule has 10 nitrogen and oxygen atoms in total. The Labute approximate surface area is 250 Å². The summed E-state index contributed by atoms with van der Waals surface area (Å²) >= 11 is 0. The van der Waals surface area contributed by atoms with Crippen molar-refractivity contribution in [3.8, 4) is 22.8 Å². The minimum absolute atomic E-state index is 0.0668. The number of pyridine rings is 1. The number of methoxy groups -OCH3 is 1. The van der Waals surface area contributed by atoms with Crippen LogP contribution in [0.5, 0.6) is 11.5 Å². The van der Waals surface area contributed by atoms with Crippen LogP contribution in [-0.2, 0) is 16.8 Å². The summed E-state index contributed by atoms with van der Waals surface area (Å²) in [5.41, 5.74) is 2.88. The van der Waals surface area contributed by atoms with Crippen LogP contribution in [0.2, 0.25) is 0 Å². The molecule has 3 N–H and O–H groups in total. The van der Waals surface area contributed by atoms with E-state index in [0.717, 1.165) is 49.7 Å². The number of carbonyl (C=O) groups is 3. The summed E-state index contributed by atoms with van der Waals surface area (Å²) < 4.78 is 5.26. The van der Waals surface area contributed by atoms with E-state index in [1.807, 2.05) is 30.3 Å². The number of hydrogen-bond donors (Lipinski definition) is 3. The van der Waals surface area contributed by atoms with Crippen LogP contribution < -0.4 is 20.3 Å². The molecule has 6 rings (SSSR count). The molecule has 3 heterocycles. The average Bonchev–Trinajstić information content (AvgIpc) is 3.33. The third-order valence-corrected chi connectivity index (χ3v) is 8.75. The van der Waals surface area contributed by atoms with Gasteiger partial charge < -0.3 is 25.0 Å². The lowest BCUT2D eigenvalue weighted by Gasteiger charge is -2.35. The predicted molar refractivity (Wildman–Crippen MR) is 162 cm³/mol. The number of ether oxygens (including phenoxy) is 1. The van der Waals surface area contributed by atoms with Gasteiger partial charge in [-0.1, -0.05) is 42.8 Å². The number of nitrogens with zero attached hydrogens (tertiary/aromatic N) is 3. The van der Waals surface area contributed by atoms with Crippen LogP contribution in [0, 0.1) is 0 Å². The van der Waals surface area contributed by atoms with Crippen LogP contribution in [0.15, 0.2) is 66.2 Å². The number of aromatic hydroxyl groups is 1. The number of urea groups is 1. The Balaban J connectivity index is 1.23. The average molecular weight is 582 g/mol. The number of piperazine rings is 1. The molecule has 2 aliphatic heterocycles. The molecular weight excluding hydrogens is 546 g/mol. The second kappa shape index (κ2) is 11.5. The number of allylic oxidation sites excluding steroid dienone is 2. The zero-order chi connectivity index (χ0) is 30.1. The Hall–Kier alpha value is -4.70. The maximum Gasteiger partial charge on any atom is 0.322 e. The third kappa shape index (κ3) is 5.46. The van der Waals surface area contributed by atoms with Crippen molar-refractivity contribution in [3.05, 3.63) is 82.9 Å². The second-order valence-corrected chi connectivity index (χ2v) is 11.2. The lowest BCUT2D eigenvalue weighted by atomic mass is 9.81. The second-order valence-electron chi connectivity index (χ2n) is 11.2. The first kappa shape index (κ1) is 28.4. The molecule has 0 bridgehead atoms.